The lowest BCUT2D eigenvalue weighted by Gasteiger charge is -2.18. The number of rotatable bonds is 3. The van der Waals surface area contributed by atoms with Crippen molar-refractivity contribution < 1.29 is 45.4 Å². The smallest absolute Gasteiger partial charge is 0.394 e. The van der Waals surface area contributed by atoms with E-state index < -0.39 is 66.7 Å². The minimum absolute atomic E-state index is 0.266. The lowest BCUT2D eigenvalue weighted by molar-refractivity contribution is -0.0555. The van der Waals surface area contributed by atoms with Crippen LogP contribution in [-0.2, 0) is 26.3 Å². The second-order valence-corrected chi connectivity index (χ2v) is 5.49. The zero-order chi connectivity index (χ0) is 23.7. The second-order valence-electron chi connectivity index (χ2n) is 4.47. The highest BCUT2D eigenvalue weighted by molar-refractivity contribution is 7.80. The molecular formula is C11H19N3O9S. The molecule has 1 fully saturated rings. The van der Waals surface area contributed by atoms with Gasteiger partial charge >= 0.3 is 16.1 Å². The standard InChI is InChI=1S/C10H15N3O5.CH4O4S/c1-12-6(11)2-3-13(10(12)17)9-8(16)7(15)5(4-14)18-9;1-5-6(2,3)4/h2-3,5,7-9,11,14-16H,4H2,1H3;1H3,(H,2,3,4)/t5-,7-,8-,9-;/m1./s1/i2*1D3. The van der Waals surface area contributed by atoms with Crippen molar-refractivity contribution >= 4 is 10.4 Å². The summed E-state index contributed by atoms with van der Waals surface area (Å²) in [6, 6.07) is 1.06. The average molecular weight is 375 g/mol. The number of aromatic nitrogens is 2. The Bertz CT molecular complexity index is 957. The van der Waals surface area contributed by atoms with Crippen molar-refractivity contribution in [2.75, 3.05) is 13.6 Å². The minimum atomic E-state index is -4.84. The van der Waals surface area contributed by atoms with Gasteiger partial charge in [0.25, 0.3) is 0 Å². The average Bonchev–Trinajstić information content (AvgIpc) is 2.79. The highest BCUT2D eigenvalue weighted by Gasteiger charge is 2.43. The first-order valence-corrected chi connectivity index (χ1v) is 7.45. The van der Waals surface area contributed by atoms with Gasteiger partial charge in [0.2, 0.25) is 0 Å². The third-order valence-electron chi connectivity index (χ3n) is 2.94. The fourth-order valence-electron chi connectivity index (χ4n) is 1.81. The van der Waals surface area contributed by atoms with Crippen LogP contribution in [0.25, 0.3) is 0 Å². The predicted octanol–water partition coefficient (Wildman–Crippen LogP) is -3.29. The molecule has 138 valence electrons. The largest absolute Gasteiger partial charge is 0.397 e. The fraction of sp³-hybridized carbons (Fsp3) is 0.636. The SMILES string of the molecule is [2H]C([2H])([2H])OS(=O)(=O)O.[2H]C([2H])([2H])n1c(=N)ccn([C@@H]2O[C@H](CO)[C@@H](O)[C@H]2O)c1=O. The molecule has 0 unspecified atom stereocenters. The second kappa shape index (κ2) is 7.98. The van der Waals surface area contributed by atoms with E-state index in [0.717, 1.165) is 16.8 Å². The number of hydrogen-bond acceptors (Lipinski definition) is 9. The Kier molecular flexibility index (Phi) is 4.22. The molecule has 1 aliphatic heterocycles. The lowest BCUT2D eigenvalue weighted by atomic mass is 10.1. The monoisotopic (exact) mass is 375 g/mol. The Labute approximate surface area is 145 Å². The lowest BCUT2D eigenvalue weighted by Crippen LogP contribution is -2.41. The van der Waals surface area contributed by atoms with Crippen LogP contribution in [0.3, 0.4) is 0 Å². The van der Waals surface area contributed by atoms with E-state index >= 15 is 0 Å². The molecule has 1 aromatic rings. The van der Waals surface area contributed by atoms with E-state index in [1.807, 2.05) is 0 Å². The summed E-state index contributed by atoms with van der Waals surface area (Å²) in [5, 5.41) is 36.0. The molecule has 0 aromatic carbocycles. The van der Waals surface area contributed by atoms with Gasteiger partial charge in [0.15, 0.2) is 6.23 Å². The van der Waals surface area contributed by atoms with Crippen LogP contribution >= 0.6 is 0 Å². The zero-order valence-corrected chi connectivity index (χ0v) is 12.6. The van der Waals surface area contributed by atoms with Crippen LogP contribution in [-0.4, -0.2) is 69.4 Å². The Morgan fingerprint density at radius 3 is 2.54 bits per heavy atom. The van der Waals surface area contributed by atoms with Gasteiger partial charge < -0.3 is 20.1 Å². The highest BCUT2D eigenvalue weighted by atomic mass is 32.3. The zero-order valence-electron chi connectivity index (χ0n) is 17.8. The van der Waals surface area contributed by atoms with Gasteiger partial charge in [-0.15, -0.1) is 0 Å². The van der Waals surface area contributed by atoms with Crippen molar-refractivity contribution in [2.45, 2.75) is 24.5 Å². The van der Waals surface area contributed by atoms with Crippen LogP contribution in [0.15, 0.2) is 17.1 Å². The maximum Gasteiger partial charge on any atom is 0.397 e. The summed E-state index contributed by atoms with van der Waals surface area (Å²) in [6.45, 7) is -3.44. The number of nitrogens with zero attached hydrogens (tertiary/aromatic N) is 2. The molecule has 0 saturated carbocycles. The van der Waals surface area contributed by atoms with Gasteiger partial charge in [0, 0.05) is 17.3 Å². The van der Waals surface area contributed by atoms with Gasteiger partial charge in [-0.05, 0) is 6.07 Å². The molecule has 1 aliphatic rings. The van der Waals surface area contributed by atoms with Gasteiger partial charge in [-0.3, -0.25) is 23.3 Å². The molecule has 24 heavy (non-hydrogen) atoms. The van der Waals surface area contributed by atoms with E-state index in [1.54, 1.807) is 0 Å². The minimum Gasteiger partial charge on any atom is -0.394 e. The molecular weight excluding hydrogens is 350 g/mol. The molecule has 0 amide bonds. The van der Waals surface area contributed by atoms with Crippen LogP contribution in [0, 0.1) is 5.41 Å². The molecule has 2 heterocycles. The Balaban J connectivity index is 0.000000424. The van der Waals surface area contributed by atoms with Crippen LogP contribution in [0.2, 0.25) is 0 Å². The van der Waals surface area contributed by atoms with Gasteiger partial charge in [0.05, 0.1) is 17.8 Å². The van der Waals surface area contributed by atoms with Crippen molar-refractivity contribution in [2.24, 2.45) is 6.98 Å². The Hall–Kier alpha value is -1.61. The molecule has 0 radical (unpaired) electrons. The van der Waals surface area contributed by atoms with Gasteiger partial charge in [0.1, 0.15) is 23.8 Å². The van der Waals surface area contributed by atoms with Crippen LogP contribution in [0.4, 0.5) is 0 Å². The molecule has 2 rings (SSSR count). The summed E-state index contributed by atoms with van der Waals surface area (Å²) in [7, 11) is -7.95. The van der Waals surface area contributed by atoms with Crippen LogP contribution < -0.4 is 11.2 Å². The molecule has 0 aliphatic carbocycles. The summed E-state index contributed by atoms with van der Waals surface area (Å²) in [5.74, 6) is 0. The summed E-state index contributed by atoms with van der Waals surface area (Å²) in [5.41, 5.74) is -1.61. The first-order valence-electron chi connectivity index (χ1n) is 9.09. The summed E-state index contributed by atoms with van der Waals surface area (Å²) < 4.78 is 76.6. The number of hydrogen-bond donors (Lipinski definition) is 5. The molecule has 0 bridgehead atoms. The predicted molar refractivity (Wildman–Crippen MR) is 77.1 cm³/mol. The third kappa shape index (κ3) is 4.70. The Morgan fingerprint density at radius 1 is 1.46 bits per heavy atom. The maximum atomic E-state index is 12.2. The van der Waals surface area contributed by atoms with E-state index in [9.17, 15) is 23.4 Å². The highest BCUT2D eigenvalue weighted by Crippen LogP contribution is 2.27. The van der Waals surface area contributed by atoms with Crippen molar-refractivity contribution in [1.29, 1.82) is 5.41 Å². The van der Waals surface area contributed by atoms with Crippen molar-refractivity contribution in [1.82, 2.24) is 9.13 Å². The number of ether oxygens (including phenoxy) is 1. The molecule has 1 saturated heterocycles. The fourth-order valence-corrected chi connectivity index (χ4v) is 1.81. The van der Waals surface area contributed by atoms with Gasteiger partial charge in [-0.25, -0.2) is 4.79 Å². The molecule has 12 nitrogen and oxygen atoms in total. The number of nitrogens with one attached hydrogen (secondary N) is 1. The maximum absolute atomic E-state index is 12.2. The van der Waals surface area contributed by atoms with Crippen molar-refractivity contribution in [3.63, 3.8) is 0 Å². The summed E-state index contributed by atoms with van der Waals surface area (Å²) in [4.78, 5) is 12.2. The first-order chi connectivity index (χ1) is 13.4. The van der Waals surface area contributed by atoms with E-state index in [2.05, 4.69) is 4.18 Å². The van der Waals surface area contributed by atoms with Gasteiger partial charge in [-0.2, -0.15) is 8.42 Å². The van der Waals surface area contributed by atoms with Crippen molar-refractivity contribution in [3.8, 4) is 0 Å². The molecule has 1 aromatic heterocycles. The van der Waals surface area contributed by atoms with E-state index in [-0.39, 0.29) is 4.57 Å². The van der Waals surface area contributed by atoms with E-state index in [4.69, 9.17) is 28.0 Å². The van der Waals surface area contributed by atoms with Crippen molar-refractivity contribution in [3.05, 3.63) is 28.2 Å². The third-order valence-corrected chi connectivity index (χ3v) is 3.15. The Morgan fingerprint density at radius 2 is 2.12 bits per heavy atom. The number of aliphatic hydroxyl groups is 3. The quantitative estimate of drug-likeness (QED) is 0.338. The molecule has 13 heteroatoms. The van der Waals surface area contributed by atoms with Crippen LogP contribution in [0.5, 0.6) is 0 Å². The summed E-state index contributed by atoms with van der Waals surface area (Å²) in [6.07, 6.45) is -4.27. The molecule has 5 N–H and O–H groups in total. The van der Waals surface area contributed by atoms with Crippen LogP contribution in [0.1, 0.15) is 14.5 Å². The topological polar surface area (TPSA) is 184 Å². The van der Waals surface area contributed by atoms with Gasteiger partial charge in [-0.1, -0.05) is 0 Å². The number of aliphatic hydroxyl groups excluding tert-OH is 3. The molecule has 0 spiro atoms. The summed E-state index contributed by atoms with van der Waals surface area (Å²) >= 11 is 0. The normalized spacial score (nSPS) is 31.5. The molecule has 4 atom stereocenters. The first kappa shape index (κ1) is 12.7. The van der Waals surface area contributed by atoms with E-state index in [0.29, 0.717) is 0 Å². The van der Waals surface area contributed by atoms with E-state index in [1.165, 1.54) is 0 Å².